The molecule has 0 bridgehead atoms. The van der Waals surface area contributed by atoms with Gasteiger partial charge < -0.3 is 14.4 Å². The van der Waals surface area contributed by atoms with Crippen molar-refractivity contribution >= 4 is 11.7 Å². The normalized spacial score (nSPS) is 21.1. The van der Waals surface area contributed by atoms with E-state index in [1.165, 1.54) is 13.0 Å². The van der Waals surface area contributed by atoms with E-state index in [9.17, 15) is 18.4 Å². The molecule has 0 saturated carbocycles. The fourth-order valence-corrected chi connectivity index (χ4v) is 5.51. The van der Waals surface area contributed by atoms with Crippen molar-refractivity contribution in [1.82, 2.24) is 19.7 Å². The summed E-state index contributed by atoms with van der Waals surface area (Å²) in [4.78, 5) is 33.1. The Morgan fingerprint density at radius 2 is 1.88 bits per heavy atom. The number of Topliss-reactive ketones (excluding diaryl/α,β-unsaturated/α-hetero) is 1. The molecule has 0 spiro atoms. The third-order valence-corrected chi connectivity index (χ3v) is 7.80. The number of para-hydroxylation sites is 1. The highest BCUT2D eigenvalue weighted by Gasteiger charge is 2.37. The lowest BCUT2D eigenvalue weighted by atomic mass is 9.90. The van der Waals surface area contributed by atoms with Crippen LogP contribution in [0.5, 0.6) is 5.88 Å². The Hall–Kier alpha value is -3.67. The highest BCUT2D eigenvalue weighted by atomic mass is 19.2. The number of hydroxylamine groups is 2. The van der Waals surface area contributed by atoms with Gasteiger partial charge in [-0.15, -0.1) is 5.10 Å². The number of ether oxygens (including phenoxy) is 2. The zero-order valence-corrected chi connectivity index (χ0v) is 24.1. The summed E-state index contributed by atoms with van der Waals surface area (Å²) in [6.45, 7) is 8.09. The molecule has 1 amide bonds. The summed E-state index contributed by atoms with van der Waals surface area (Å²) < 4.78 is 41.2. The van der Waals surface area contributed by atoms with Gasteiger partial charge in [0.1, 0.15) is 24.6 Å². The summed E-state index contributed by atoms with van der Waals surface area (Å²) in [5.41, 5.74) is 2.72. The average molecular weight is 583 g/mol. The molecule has 2 fully saturated rings. The smallest absolute Gasteiger partial charge is 0.236 e. The molecule has 2 saturated heterocycles. The lowest BCUT2D eigenvalue weighted by Crippen LogP contribution is -2.46. The minimum atomic E-state index is -0.946. The van der Waals surface area contributed by atoms with E-state index in [1.54, 1.807) is 14.6 Å². The second-order valence-corrected chi connectivity index (χ2v) is 10.8. The molecule has 11 heteroatoms. The van der Waals surface area contributed by atoms with Crippen LogP contribution in [0.15, 0.2) is 48.5 Å². The number of benzene rings is 2. The molecule has 1 unspecified atom stereocenters. The fourth-order valence-electron chi connectivity index (χ4n) is 5.51. The van der Waals surface area contributed by atoms with Crippen LogP contribution in [0.2, 0.25) is 0 Å². The molecule has 1 aromatic heterocycles. The molecule has 3 atom stereocenters. The first-order chi connectivity index (χ1) is 20.2. The Labute approximate surface area is 243 Å². The Kier molecular flexibility index (Phi) is 9.30. The van der Waals surface area contributed by atoms with Crippen molar-refractivity contribution in [3.05, 3.63) is 77.0 Å². The van der Waals surface area contributed by atoms with Gasteiger partial charge >= 0.3 is 0 Å². The van der Waals surface area contributed by atoms with Gasteiger partial charge in [0.05, 0.1) is 24.5 Å². The van der Waals surface area contributed by atoms with Crippen LogP contribution >= 0.6 is 0 Å². The number of nitrogens with zero attached hydrogens (tertiary/aromatic N) is 4. The van der Waals surface area contributed by atoms with Crippen molar-refractivity contribution in [3.8, 4) is 11.6 Å². The topological polar surface area (TPSA) is 86.1 Å². The van der Waals surface area contributed by atoms with Crippen molar-refractivity contribution < 1.29 is 32.7 Å². The molecule has 224 valence electrons. The van der Waals surface area contributed by atoms with Gasteiger partial charge in [-0.05, 0) is 36.8 Å². The number of hydrogen-bond donors (Lipinski definition) is 0. The lowest BCUT2D eigenvalue weighted by Gasteiger charge is -2.31. The van der Waals surface area contributed by atoms with Crippen molar-refractivity contribution in [2.75, 3.05) is 39.4 Å². The summed E-state index contributed by atoms with van der Waals surface area (Å²) in [5, 5.41) is 6.45. The largest absolute Gasteiger partial charge is 0.474 e. The van der Waals surface area contributed by atoms with E-state index in [1.807, 2.05) is 44.2 Å². The third-order valence-electron chi connectivity index (χ3n) is 7.80. The molecule has 0 radical (unpaired) electrons. The van der Waals surface area contributed by atoms with Crippen LogP contribution in [0.3, 0.4) is 0 Å². The van der Waals surface area contributed by atoms with Crippen LogP contribution in [-0.2, 0) is 25.6 Å². The summed E-state index contributed by atoms with van der Waals surface area (Å²) >= 11 is 0. The standard InChI is InChI=1S/C31H36F2N4O5/c1-4-36-17-23(30(42-36)22-10-11-27(32)28(33)15-22)14-25(39)16-29-20(2)31(34-37(29)24-8-6-5-7-9-24)41-19-26-18-35(21(3)38)12-13-40-26/h5-11,15,23,26,30H,4,12-14,16-19H2,1-3H3/t23-,26?,30+/m1/s1. The van der Waals surface area contributed by atoms with Gasteiger partial charge in [0.15, 0.2) is 11.6 Å². The zero-order valence-electron chi connectivity index (χ0n) is 24.1. The first-order valence-electron chi connectivity index (χ1n) is 14.3. The predicted molar refractivity (Wildman–Crippen MR) is 150 cm³/mol. The Balaban J connectivity index is 1.34. The highest BCUT2D eigenvalue weighted by Crippen LogP contribution is 2.37. The number of morpholine rings is 1. The number of rotatable bonds is 10. The Morgan fingerprint density at radius 3 is 2.60 bits per heavy atom. The van der Waals surface area contributed by atoms with Gasteiger partial charge in [0.2, 0.25) is 11.8 Å². The molecule has 5 rings (SSSR count). The Morgan fingerprint density at radius 1 is 1.10 bits per heavy atom. The molecular weight excluding hydrogens is 546 g/mol. The van der Waals surface area contributed by atoms with Gasteiger partial charge in [-0.1, -0.05) is 31.2 Å². The molecule has 2 aliphatic rings. The maximum atomic E-state index is 14.0. The van der Waals surface area contributed by atoms with E-state index < -0.39 is 17.7 Å². The summed E-state index contributed by atoms with van der Waals surface area (Å²) in [6, 6.07) is 13.2. The minimum Gasteiger partial charge on any atom is -0.474 e. The van der Waals surface area contributed by atoms with E-state index in [4.69, 9.17) is 19.4 Å². The van der Waals surface area contributed by atoms with Gasteiger partial charge in [-0.3, -0.25) is 14.4 Å². The fraction of sp³-hybridized carbons (Fsp3) is 0.452. The first kappa shape index (κ1) is 29.8. The first-order valence-corrected chi connectivity index (χ1v) is 14.3. The maximum Gasteiger partial charge on any atom is 0.236 e. The Bertz CT molecular complexity index is 1420. The van der Waals surface area contributed by atoms with Gasteiger partial charge in [-0.2, -0.15) is 5.06 Å². The zero-order chi connectivity index (χ0) is 29.8. The quantitative estimate of drug-likeness (QED) is 0.354. The monoisotopic (exact) mass is 582 g/mol. The van der Waals surface area contributed by atoms with Crippen molar-refractivity contribution in [2.24, 2.45) is 5.92 Å². The SMILES string of the molecule is CCN1C[C@@H](CC(=O)Cc2c(C)c(OCC3CN(C(C)=O)CCO3)nn2-c2ccccc2)[C@H](c2ccc(F)c(F)c2)O1. The van der Waals surface area contributed by atoms with E-state index in [0.717, 1.165) is 23.4 Å². The predicted octanol–water partition coefficient (Wildman–Crippen LogP) is 4.21. The number of hydrogen-bond acceptors (Lipinski definition) is 7. The van der Waals surface area contributed by atoms with E-state index in [-0.39, 0.29) is 43.2 Å². The number of ketones is 1. The van der Waals surface area contributed by atoms with E-state index in [2.05, 4.69) is 0 Å². The lowest BCUT2D eigenvalue weighted by molar-refractivity contribution is -0.146. The summed E-state index contributed by atoms with van der Waals surface area (Å²) in [7, 11) is 0. The van der Waals surface area contributed by atoms with Crippen molar-refractivity contribution in [3.63, 3.8) is 0 Å². The van der Waals surface area contributed by atoms with Crippen LogP contribution in [0.25, 0.3) is 5.69 Å². The molecule has 0 aliphatic carbocycles. The van der Waals surface area contributed by atoms with Crippen molar-refractivity contribution in [2.45, 2.75) is 45.8 Å². The van der Waals surface area contributed by atoms with Crippen LogP contribution in [0, 0.1) is 24.5 Å². The second kappa shape index (κ2) is 13.1. The van der Waals surface area contributed by atoms with Gasteiger partial charge in [0, 0.05) is 50.9 Å². The van der Waals surface area contributed by atoms with Gasteiger partial charge in [0.25, 0.3) is 0 Å². The number of halogens is 2. The summed E-state index contributed by atoms with van der Waals surface area (Å²) in [6.07, 6.45) is -0.561. The number of amides is 1. The summed E-state index contributed by atoms with van der Waals surface area (Å²) in [5.74, 6) is -1.75. The molecule has 42 heavy (non-hydrogen) atoms. The average Bonchev–Trinajstić information content (AvgIpc) is 3.54. The maximum absolute atomic E-state index is 14.0. The minimum absolute atomic E-state index is 0.00448. The van der Waals surface area contributed by atoms with Crippen molar-refractivity contribution in [1.29, 1.82) is 0 Å². The molecule has 2 aliphatic heterocycles. The van der Waals surface area contributed by atoms with Gasteiger partial charge in [-0.25, -0.2) is 13.5 Å². The highest BCUT2D eigenvalue weighted by molar-refractivity contribution is 5.81. The molecule has 2 aromatic carbocycles. The van der Waals surface area contributed by atoms with Crippen LogP contribution in [0.1, 0.15) is 43.2 Å². The van der Waals surface area contributed by atoms with Crippen LogP contribution in [-0.4, -0.2) is 76.9 Å². The third kappa shape index (κ3) is 6.69. The molecule has 3 heterocycles. The molecular formula is C31H36F2N4O5. The van der Waals surface area contributed by atoms with Crippen LogP contribution in [0.4, 0.5) is 8.78 Å². The molecule has 0 N–H and O–H groups in total. The number of aromatic nitrogens is 2. The second-order valence-electron chi connectivity index (χ2n) is 10.8. The molecule has 9 nitrogen and oxygen atoms in total. The number of carbonyl (C=O) groups excluding carboxylic acids is 2. The molecule has 3 aromatic rings. The van der Waals surface area contributed by atoms with Crippen LogP contribution < -0.4 is 4.74 Å². The van der Waals surface area contributed by atoms with E-state index >= 15 is 0 Å². The number of carbonyl (C=O) groups is 2. The van der Waals surface area contributed by atoms with E-state index in [0.29, 0.717) is 49.9 Å².